The fraction of sp³-hybridized carbons (Fsp3) is 0.421. The van der Waals surface area contributed by atoms with Crippen molar-refractivity contribution in [1.29, 1.82) is 0 Å². The Morgan fingerprint density at radius 2 is 2.17 bits per heavy atom. The van der Waals surface area contributed by atoms with Crippen LogP contribution >= 0.6 is 11.6 Å². The zero-order valence-corrected chi connectivity index (χ0v) is 14.7. The molecule has 2 aromatic rings. The van der Waals surface area contributed by atoms with Gasteiger partial charge < -0.3 is 14.5 Å². The predicted molar refractivity (Wildman–Crippen MR) is 93.8 cm³/mol. The molecule has 1 atom stereocenters. The SMILES string of the molecule is CC1(C)CC(C(=O)NCc2ccc(-c3cccc(Cl)c3)o2)CCO1. The van der Waals surface area contributed by atoms with Crippen molar-refractivity contribution >= 4 is 17.5 Å². The Balaban J connectivity index is 1.58. The quantitative estimate of drug-likeness (QED) is 0.890. The fourth-order valence-corrected chi connectivity index (χ4v) is 3.23. The molecule has 1 aliphatic heterocycles. The molecule has 0 aliphatic carbocycles. The highest BCUT2D eigenvalue weighted by Gasteiger charge is 2.32. The lowest BCUT2D eigenvalue weighted by atomic mass is 9.88. The van der Waals surface area contributed by atoms with E-state index >= 15 is 0 Å². The molecule has 0 spiro atoms. The number of nitrogens with one attached hydrogen (secondary N) is 1. The maximum atomic E-state index is 12.4. The predicted octanol–water partition coefficient (Wildman–Crippen LogP) is 4.42. The number of rotatable bonds is 4. The summed E-state index contributed by atoms with van der Waals surface area (Å²) in [5, 5.41) is 3.64. The third-order valence-electron chi connectivity index (χ3n) is 4.28. The number of halogens is 1. The number of benzene rings is 1. The summed E-state index contributed by atoms with van der Waals surface area (Å²) in [6, 6.07) is 11.3. The van der Waals surface area contributed by atoms with Gasteiger partial charge in [-0.2, -0.15) is 0 Å². The molecule has 128 valence electrons. The van der Waals surface area contributed by atoms with Crippen LogP contribution in [0.4, 0.5) is 0 Å². The molecule has 1 fully saturated rings. The number of amides is 1. The van der Waals surface area contributed by atoms with Crippen LogP contribution in [-0.4, -0.2) is 18.1 Å². The van der Waals surface area contributed by atoms with Crippen molar-refractivity contribution in [3.05, 3.63) is 47.2 Å². The molecule has 0 saturated carbocycles. The summed E-state index contributed by atoms with van der Waals surface area (Å²) >= 11 is 6.00. The molecular weight excluding hydrogens is 326 g/mol. The average Bonchev–Trinajstić information content (AvgIpc) is 3.00. The van der Waals surface area contributed by atoms with Gasteiger partial charge in [0.15, 0.2) is 0 Å². The summed E-state index contributed by atoms with van der Waals surface area (Å²) in [7, 11) is 0. The van der Waals surface area contributed by atoms with Gasteiger partial charge in [0.05, 0.1) is 12.1 Å². The Morgan fingerprint density at radius 3 is 2.92 bits per heavy atom. The van der Waals surface area contributed by atoms with Crippen molar-refractivity contribution in [3.8, 4) is 11.3 Å². The summed E-state index contributed by atoms with van der Waals surface area (Å²) < 4.78 is 11.5. The Labute approximate surface area is 147 Å². The van der Waals surface area contributed by atoms with Crippen molar-refractivity contribution in [1.82, 2.24) is 5.32 Å². The molecule has 1 aromatic heterocycles. The third kappa shape index (κ3) is 4.19. The van der Waals surface area contributed by atoms with Crippen LogP contribution in [-0.2, 0) is 16.1 Å². The van der Waals surface area contributed by atoms with E-state index in [1.54, 1.807) is 0 Å². The summed E-state index contributed by atoms with van der Waals surface area (Å²) in [5.41, 5.74) is 0.691. The summed E-state index contributed by atoms with van der Waals surface area (Å²) in [4.78, 5) is 12.4. The molecule has 1 amide bonds. The second-order valence-corrected chi connectivity index (χ2v) is 7.23. The molecule has 5 heteroatoms. The van der Waals surface area contributed by atoms with E-state index in [1.807, 2.05) is 50.2 Å². The van der Waals surface area contributed by atoms with E-state index in [0.29, 0.717) is 18.2 Å². The highest BCUT2D eigenvalue weighted by atomic mass is 35.5. The smallest absolute Gasteiger partial charge is 0.223 e. The van der Waals surface area contributed by atoms with E-state index in [1.165, 1.54) is 0 Å². The number of carbonyl (C=O) groups excluding carboxylic acids is 1. The monoisotopic (exact) mass is 347 g/mol. The van der Waals surface area contributed by atoms with Crippen LogP contribution in [0.15, 0.2) is 40.8 Å². The largest absolute Gasteiger partial charge is 0.459 e. The lowest BCUT2D eigenvalue weighted by Gasteiger charge is -2.34. The van der Waals surface area contributed by atoms with Gasteiger partial charge in [0.25, 0.3) is 0 Å². The van der Waals surface area contributed by atoms with Crippen LogP contribution in [0.5, 0.6) is 0 Å². The molecule has 1 unspecified atom stereocenters. The van der Waals surface area contributed by atoms with Crippen LogP contribution in [0.3, 0.4) is 0 Å². The molecule has 24 heavy (non-hydrogen) atoms. The topological polar surface area (TPSA) is 51.5 Å². The third-order valence-corrected chi connectivity index (χ3v) is 4.51. The first-order valence-electron chi connectivity index (χ1n) is 8.19. The fourth-order valence-electron chi connectivity index (χ4n) is 3.04. The van der Waals surface area contributed by atoms with Crippen LogP contribution < -0.4 is 5.32 Å². The lowest BCUT2D eigenvalue weighted by Crippen LogP contribution is -2.41. The molecule has 2 heterocycles. The van der Waals surface area contributed by atoms with Crippen molar-refractivity contribution in [2.24, 2.45) is 5.92 Å². The molecule has 4 nitrogen and oxygen atoms in total. The van der Waals surface area contributed by atoms with Crippen molar-refractivity contribution in [2.75, 3.05) is 6.61 Å². The second-order valence-electron chi connectivity index (χ2n) is 6.79. The van der Waals surface area contributed by atoms with Crippen molar-refractivity contribution < 1.29 is 13.9 Å². The molecule has 0 bridgehead atoms. The minimum absolute atomic E-state index is 0.00360. The van der Waals surface area contributed by atoms with E-state index < -0.39 is 0 Å². The first-order chi connectivity index (χ1) is 11.4. The van der Waals surface area contributed by atoms with Gasteiger partial charge in [0, 0.05) is 23.1 Å². The van der Waals surface area contributed by atoms with Gasteiger partial charge in [0.1, 0.15) is 11.5 Å². The Bertz CT molecular complexity index is 723. The number of ether oxygens (including phenoxy) is 1. The highest BCUT2D eigenvalue weighted by Crippen LogP contribution is 2.29. The summed E-state index contributed by atoms with van der Waals surface area (Å²) in [6.45, 7) is 5.06. The standard InChI is InChI=1S/C19H22ClNO3/c1-19(2)11-14(8-9-23-19)18(22)21-12-16-6-7-17(24-16)13-4-3-5-15(20)10-13/h3-7,10,14H,8-9,11-12H2,1-2H3,(H,21,22). The van der Waals surface area contributed by atoms with Crippen LogP contribution in [0.1, 0.15) is 32.4 Å². The first kappa shape index (κ1) is 17.1. The Hall–Kier alpha value is -1.78. The van der Waals surface area contributed by atoms with E-state index in [0.717, 1.165) is 29.9 Å². The average molecular weight is 348 g/mol. The molecule has 1 aliphatic rings. The van der Waals surface area contributed by atoms with E-state index in [-0.39, 0.29) is 17.4 Å². The lowest BCUT2D eigenvalue weighted by molar-refractivity contribution is -0.135. The maximum absolute atomic E-state index is 12.4. The van der Waals surface area contributed by atoms with Crippen LogP contribution in [0, 0.1) is 5.92 Å². The van der Waals surface area contributed by atoms with E-state index in [4.69, 9.17) is 20.8 Å². The van der Waals surface area contributed by atoms with Gasteiger partial charge >= 0.3 is 0 Å². The maximum Gasteiger partial charge on any atom is 0.223 e. The van der Waals surface area contributed by atoms with Crippen molar-refractivity contribution in [2.45, 2.75) is 38.8 Å². The van der Waals surface area contributed by atoms with Gasteiger partial charge in [-0.25, -0.2) is 0 Å². The van der Waals surface area contributed by atoms with Gasteiger partial charge in [-0.05, 0) is 51.0 Å². The Morgan fingerprint density at radius 1 is 1.33 bits per heavy atom. The molecule has 1 N–H and O–H groups in total. The second kappa shape index (κ2) is 6.99. The minimum Gasteiger partial charge on any atom is -0.459 e. The van der Waals surface area contributed by atoms with Crippen LogP contribution in [0.25, 0.3) is 11.3 Å². The first-order valence-corrected chi connectivity index (χ1v) is 8.57. The van der Waals surface area contributed by atoms with Crippen molar-refractivity contribution in [3.63, 3.8) is 0 Å². The highest BCUT2D eigenvalue weighted by molar-refractivity contribution is 6.30. The number of hydrogen-bond donors (Lipinski definition) is 1. The number of hydrogen-bond acceptors (Lipinski definition) is 3. The molecule has 1 saturated heterocycles. The van der Waals surface area contributed by atoms with Gasteiger partial charge in [-0.3, -0.25) is 4.79 Å². The molecular formula is C19H22ClNO3. The molecule has 0 radical (unpaired) electrons. The molecule has 3 rings (SSSR count). The van der Waals surface area contributed by atoms with Gasteiger partial charge in [-0.15, -0.1) is 0 Å². The Kier molecular flexibility index (Phi) is 4.97. The molecule has 1 aromatic carbocycles. The summed E-state index contributed by atoms with van der Waals surface area (Å²) in [5.74, 6) is 1.53. The van der Waals surface area contributed by atoms with E-state index in [2.05, 4.69) is 5.32 Å². The van der Waals surface area contributed by atoms with Gasteiger partial charge in [-0.1, -0.05) is 23.7 Å². The minimum atomic E-state index is -0.231. The normalized spacial score (nSPS) is 19.9. The van der Waals surface area contributed by atoms with Crippen LogP contribution in [0.2, 0.25) is 5.02 Å². The van der Waals surface area contributed by atoms with Gasteiger partial charge in [0.2, 0.25) is 5.91 Å². The van der Waals surface area contributed by atoms with E-state index in [9.17, 15) is 4.79 Å². The number of furan rings is 1. The zero-order valence-electron chi connectivity index (χ0n) is 14.0. The summed E-state index contributed by atoms with van der Waals surface area (Å²) in [6.07, 6.45) is 1.51. The zero-order chi connectivity index (χ0) is 17.2. The number of carbonyl (C=O) groups is 1.